The van der Waals surface area contributed by atoms with Crippen LogP contribution in [0, 0.1) is 5.92 Å². The normalized spacial score (nSPS) is 13.9. The van der Waals surface area contributed by atoms with Gasteiger partial charge in [-0.05, 0) is 15.4 Å². The highest BCUT2D eigenvalue weighted by Crippen LogP contribution is 2.37. The first kappa shape index (κ1) is 21.6. The summed E-state index contributed by atoms with van der Waals surface area (Å²) in [6.07, 6.45) is 1.61. The Kier molecular flexibility index (Phi) is 6.81. The zero-order chi connectivity index (χ0) is 20.1. The molecule has 2 aromatic rings. The van der Waals surface area contributed by atoms with Crippen LogP contribution in [0.4, 0.5) is 0 Å². The second kappa shape index (κ2) is 8.52. The molecule has 2 aromatic carbocycles. The molecule has 0 amide bonds. The third kappa shape index (κ3) is 5.16. The maximum absolute atomic E-state index is 11.5. The Bertz CT molecular complexity index is 807. The lowest BCUT2D eigenvalue weighted by molar-refractivity contribution is 0.268. The maximum atomic E-state index is 11.5. The second-order valence-electron chi connectivity index (χ2n) is 7.80. The average molecular weight is 404 g/mol. The minimum atomic E-state index is -3.60. The predicted octanol–water partition coefficient (Wildman–Crippen LogP) is 2.65. The van der Waals surface area contributed by atoms with Crippen LogP contribution in [0.3, 0.4) is 0 Å². The van der Waals surface area contributed by atoms with Gasteiger partial charge in [0.1, 0.15) is 0 Å². The van der Waals surface area contributed by atoms with E-state index in [0.29, 0.717) is 0 Å². The van der Waals surface area contributed by atoms with E-state index >= 15 is 0 Å². The van der Waals surface area contributed by atoms with E-state index in [0.717, 1.165) is 10.4 Å². The Morgan fingerprint density at radius 3 is 1.81 bits per heavy atom. The number of primary sulfonamides is 1. The molecule has 0 aliphatic heterocycles. The van der Waals surface area contributed by atoms with E-state index in [1.165, 1.54) is 0 Å². The summed E-state index contributed by atoms with van der Waals surface area (Å²) in [6, 6.07) is 20.5. The number of hydrogen-bond acceptors (Lipinski definition) is 3. The van der Waals surface area contributed by atoms with Crippen LogP contribution in [-0.4, -0.2) is 29.1 Å². The lowest BCUT2D eigenvalue weighted by atomic mass is 10.2. The zero-order valence-corrected chi connectivity index (χ0v) is 18.1. The zero-order valence-electron chi connectivity index (χ0n) is 16.3. The van der Waals surface area contributed by atoms with Crippen LogP contribution in [0.5, 0.6) is 0 Å². The molecule has 0 aliphatic carbocycles. The van der Waals surface area contributed by atoms with E-state index in [2.05, 4.69) is 51.6 Å². The Morgan fingerprint density at radius 2 is 1.48 bits per heavy atom. The van der Waals surface area contributed by atoms with Gasteiger partial charge in [0.2, 0.25) is 10.0 Å². The van der Waals surface area contributed by atoms with Crippen LogP contribution >= 0.6 is 0 Å². The highest BCUT2D eigenvalue weighted by atomic mass is 32.2. The molecule has 0 saturated carbocycles. The number of rotatable bonds is 8. The van der Waals surface area contributed by atoms with Crippen molar-refractivity contribution < 1.29 is 12.8 Å². The second-order valence-corrected chi connectivity index (χ2v) is 13.8. The number of benzene rings is 2. The fourth-order valence-corrected chi connectivity index (χ4v) is 8.92. The molecule has 4 nitrogen and oxygen atoms in total. The minimum Gasteiger partial charge on any atom is -0.407 e. The van der Waals surface area contributed by atoms with Gasteiger partial charge in [0.25, 0.3) is 8.32 Å². The van der Waals surface area contributed by atoms with Gasteiger partial charge < -0.3 is 4.43 Å². The molecule has 2 rings (SSSR count). The van der Waals surface area contributed by atoms with Crippen LogP contribution in [-0.2, 0) is 14.4 Å². The Morgan fingerprint density at radius 1 is 1.04 bits per heavy atom. The summed E-state index contributed by atoms with van der Waals surface area (Å²) >= 11 is 0. The Balaban J connectivity index is 2.54. The molecule has 1 atom stereocenters. The number of sulfonamides is 1. The van der Waals surface area contributed by atoms with Crippen LogP contribution in [0.25, 0.3) is 0 Å². The standard InChI is InChI=1S/C21H29NO3SSi/c1-5-18(17-26(22,23)24)16-25-27(21(2,3)4,19-12-8-6-9-13-19)20-14-10-7-11-15-20/h5-15,18H,1,16-17H2,2-4H3,(H2,22,23,24). The highest BCUT2D eigenvalue weighted by molar-refractivity contribution is 7.89. The van der Waals surface area contributed by atoms with E-state index in [1.54, 1.807) is 6.08 Å². The lowest BCUT2D eigenvalue weighted by Crippen LogP contribution is -2.67. The van der Waals surface area contributed by atoms with Gasteiger partial charge in [0.05, 0.1) is 5.75 Å². The fourth-order valence-electron chi connectivity index (χ4n) is 3.48. The minimum absolute atomic E-state index is 0.164. The van der Waals surface area contributed by atoms with Gasteiger partial charge in [-0.25, -0.2) is 13.6 Å². The van der Waals surface area contributed by atoms with E-state index < -0.39 is 18.3 Å². The fraction of sp³-hybridized carbons (Fsp3) is 0.333. The molecule has 0 bridgehead atoms. The van der Waals surface area contributed by atoms with Crippen molar-refractivity contribution in [1.29, 1.82) is 0 Å². The summed E-state index contributed by atoms with van der Waals surface area (Å²) in [5.74, 6) is -0.532. The summed E-state index contributed by atoms with van der Waals surface area (Å²) in [6.45, 7) is 10.6. The van der Waals surface area contributed by atoms with E-state index in [1.807, 2.05) is 36.4 Å². The number of nitrogens with two attached hydrogens (primary N) is 1. The van der Waals surface area contributed by atoms with Crippen molar-refractivity contribution in [3.63, 3.8) is 0 Å². The number of hydrogen-bond donors (Lipinski definition) is 1. The van der Waals surface area contributed by atoms with Crippen molar-refractivity contribution in [3.05, 3.63) is 73.3 Å². The molecule has 6 heteroatoms. The Labute approximate surface area is 164 Å². The highest BCUT2D eigenvalue weighted by Gasteiger charge is 2.50. The molecule has 0 aromatic heterocycles. The van der Waals surface area contributed by atoms with E-state index in [9.17, 15) is 8.42 Å². The van der Waals surface area contributed by atoms with Gasteiger partial charge >= 0.3 is 0 Å². The lowest BCUT2D eigenvalue weighted by Gasteiger charge is -2.43. The third-order valence-corrected chi connectivity index (χ3v) is 10.6. The Hall–Kier alpha value is -1.73. The molecule has 0 spiro atoms. The van der Waals surface area contributed by atoms with Crippen molar-refractivity contribution >= 4 is 28.7 Å². The summed E-state index contributed by atoms with van der Waals surface area (Å²) in [5.41, 5.74) is 0. The molecular weight excluding hydrogens is 374 g/mol. The smallest absolute Gasteiger partial charge is 0.261 e. The van der Waals surface area contributed by atoms with Crippen LogP contribution in [0.15, 0.2) is 73.3 Å². The van der Waals surface area contributed by atoms with E-state index in [-0.39, 0.29) is 23.3 Å². The molecule has 1 unspecified atom stereocenters. The monoisotopic (exact) mass is 403 g/mol. The van der Waals surface area contributed by atoms with Gasteiger partial charge in [-0.3, -0.25) is 0 Å². The topological polar surface area (TPSA) is 69.4 Å². The summed E-state index contributed by atoms with van der Waals surface area (Å²) in [7, 11) is -6.29. The van der Waals surface area contributed by atoms with Crippen molar-refractivity contribution in [1.82, 2.24) is 0 Å². The van der Waals surface area contributed by atoms with Crippen LogP contribution in [0.1, 0.15) is 20.8 Å². The molecule has 0 radical (unpaired) electrons. The van der Waals surface area contributed by atoms with E-state index in [4.69, 9.17) is 9.56 Å². The SMILES string of the molecule is C=CC(CO[Si](c1ccccc1)(c1ccccc1)C(C)(C)C)CS(N)(=O)=O. The van der Waals surface area contributed by atoms with Crippen LogP contribution in [0.2, 0.25) is 5.04 Å². The van der Waals surface area contributed by atoms with Gasteiger partial charge in [0, 0.05) is 12.5 Å². The molecule has 0 fully saturated rings. The molecular formula is C21H29NO3SSi. The average Bonchev–Trinajstić information content (AvgIpc) is 2.61. The molecule has 0 aliphatic rings. The van der Waals surface area contributed by atoms with Crippen molar-refractivity contribution in [2.75, 3.05) is 12.4 Å². The molecule has 27 heavy (non-hydrogen) atoms. The maximum Gasteiger partial charge on any atom is 0.261 e. The van der Waals surface area contributed by atoms with Crippen molar-refractivity contribution in [2.45, 2.75) is 25.8 Å². The first-order valence-electron chi connectivity index (χ1n) is 8.98. The van der Waals surface area contributed by atoms with Gasteiger partial charge in [-0.2, -0.15) is 0 Å². The van der Waals surface area contributed by atoms with Gasteiger partial charge in [-0.1, -0.05) is 87.5 Å². The van der Waals surface area contributed by atoms with Crippen molar-refractivity contribution in [3.8, 4) is 0 Å². The quantitative estimate of drug-likeness (QED) is 0.544. The van der Waals surface area contributed by atoms with Crippen LogP contribution < -0.4 is 15.5 Å². The van der Waals surface area contributed by atoms with Crippen molar-refractivity contribution in [2.24, 2.45) is 11.1 Å². The summed E-state index contributed by atoms with van der Waals surface area (Å²) < 4.78 is 29.8. The molecule has 146 valence electrons. The largest absolute Gasteiger partial charge is 0.407 e. The summed E-state index contributed by atoms with van der Waals surface area (Å²) in [5, 5.41) is 7.39. The van der Waals surface area contributed by atoms with Gasteiger partial charge in [-0.15, -0.1) is 6.58 Å². The molecule has 0 heterocycles. The first-order chi connectivity index (χ1) is 12.6. The summed E-state index contributed by atoms with van der Waals surface area (Å²) in [4.78, 5) is 0. The third-order valence-electron chi connectivity index (χ3n) is 4.71. The molecule has 2 N–H and O–H groups in total. The predicted molar refractivity (Wildman–Crippen MR) is 115 cm³/mol. The molecule has 0 saturated heterocycles. The first-order valence-corrected chi connectivity index (χ1v) is 12.6. The van der Waals surface area contributed by atoms with Gasteiger partial charge in [0.15, 0.2) is 0 Å².